The molecule has 1 N–H and O–H groups in total. The van der Waals surface area contributed by atoms with E-state index in [-0.39, 0.29) is 5.91 Å². The number of hydrogen-bond acceptors (Lipinski definition) is 6. The number of nitrogens with zero attached hydrogens (tertiary/aromatic N) is 5. The van der Waals surface area contributed by atoms with Crippen molar-refractivity contribution < 1.29 is 9.63 Å². The van der Waals surface area contributed by atoms with Gasteiger partial charge in [-0.1, -0.05) is 6.07 Å². The summed E-state index contributed by atoms with van der Waals surface area (Å²) < 4.78 is 1.77. The molecule has 8 nitrogen and oxygen atoms in total. The van der Waals surface area contributed by atoms with Gasteiger partial charge in [0.25, 0.3) is 5.91 Å². The maximum absolute atomic E-state index is 12.9. The first-order chi connectivity index (χ1) is 14.8. The molecule has 0 aromatic carbocycles. The van der Waals surface area contributed by atoms with E-state index in [0.717, 1.165) is 24.0 Å². The van der Waals surface area contributed by atoms with E-state index in [2.05, 4.69) is 20.5 Å². The molecular weight excluding hydrogens is 380 g/mol. The molecule has 4 aromatic rings. The van der Waals surface area contributed by atoms with E-state index in [1.807, 2.05) is 24.3 Å². The van der Waals surface area contributed by atoms with Crippen LogP contribution in [0.5, 0.6) is 0 Å². The molecule has 1 fully saturated rings. The monoisotopic (exact) mass is 400 g/mol. The predicted octanol–water partition coefficient (Wildman–Crippen LogP) is 3.01. The van der Waals surface area contributed by atoms with Gasteiger partial charge in [-0.3, -0.25) is 19.6 Å². The first kappa shape index (κ1) is 18.4. The van der Waals surface area contributed by atoms with Crippen LogP contribution in [0.1, 0.15) is 28.8 Å². The van der Waals surface area contributed by atoms with Gasteiger partial charge >= 0.3 is 0 Å². The molecule has 8 heteroatoms. The number of fused-ring (bicyclic) bond motifs is 1. The van der Waals surface area contributed by atoms with Crippen LogP contribution in [0.2, 0.25) is 0 Å². The summed E-state index contributed by atoms with van der Waals surface area (Å²) in [7, 11) is 0. The van der Waals surface area contributed by atoms with Crippen LogP contribution in [0.25, 0.3) is 22.3 Å². The van der Waals surface area contributed by atoms with Gasteiger partial charge in [-0.25, -0.2) is 15.1 Å². The molecule has 150 valence electrons. The van der Waals surface area contributed by atoms with Crippen molar-refractivity contribution in [3.05, 3.63) is 72.4 Å². The molecule has 5 rings (SSSR count). The second kappa shape index (κ2) is 8.00. The molecule has 4 aromatic heterocycles. The number of carbonyl (C=O) groups excluding carboxylic acids is 1. The fourth-order valence-corrected chi connectivity index (χ4v) is 3.24. The summed E-state index contributed by atoms with van der Waals surface area (Å²) in [5.41, 5.74) is 6.12. The third-order valence-corrected chi connectivity index (χ3v) is 5.05. The van der Waals surface area contributed by atoms with Crippen molar-refractivity contribution >= 4 is 16.9 Å². The lowest BCUT2D eigenvalue weighted by atomic mass is 10.1. The highest BCUT2D eigenvalue weighted by Gasteiger charge is 2.23. The Balaban J connectivity index is 1.54. The Kier molecular flexibility index (Phi) is 4.90. The van der Waals surface area contributed by atoms with Crippen LogP contribution in [0.3, 0.4) is 0 Å². The van der Waals surface area contributed by atoms with Crippen LogP contribution < -0.4 is 5.48 Å². The molecule has 0 atom stereocenters. The van der Waals surface area contributed by atoms with Gasteiger partial charge in [0.05, 0.1) is 36.0 Å². The quantitative estimate of drug-likeness (QED) is 0.479. The number of hydrogen-bond donors (Lipinski definition) is 1. The van der Waals surface area contributed by atoms with Gasteiger partial charge in [0, 0.05) is 30.4 Å². The Hall–Kier alpha value is -3.65. The van der Waals surface area contributed by atoms with Gasteiger partial charge in [-0.2, -0.15) is 5.10 Å². The van der Waals surface area contributed by atoms with Crippen molar-refractivity contribution in [3.63, 3.8) is 0 Å². The largest absolute Gasteiger partial charge is 0.275 e. The maximum atomic E-state index is 12.9. The van der Waals surface area contributed by atoms with Crippen LogP contribution in [-0.4, -0.2) is 37.2 Å². The molecule has 0 bridgehead atoms. The number of pyridine rings is 3. The van der Waals surface area contributed by atoms with Crippen molar-refractivity contribution in [2.75, 3.05) is 6.61 Å². The molecule has 1 amide bonds. The lowest BCUT2D eigenvalue weighted by Crippen LogP contribution is -2.25. The molecule has 0 radical (unpaired) electrons. The minimum atomic E-state index is -0.311. The van der Waals surface area contributed by atoms with Crippen molar-refractivity contribution in [2.24, 2.45) is 5.92 Å². The highest BCUT2D eigenvalue weighted by molar-refractivity contribution is 6.06. The molecule has 30 heavy (non-hydrogen) atoms. The summed E-state index contributed by atoms with van der Waals surface area (Å²) >= 11 is 0. The molecule has 1 aliphatic carbocycles. The second-order valence-electron chi connectivity index (χ2n) is 7.38. The lowest BCUT2D eigenvalue weighted by Gasteiger charge is -2.10. The van der Waals surface area contributed by atoms with Gasteiger partial charge in [0.1, 0.15) is 0 Å². The molecular formula is C22H20N6O2. The molecule has 0 unspecified atom stereocenters. The SMILES string of the molecule is O=C(NOCC1CC1)c1cc(-c2cccnc2)nc2c1cnn2Cc1cccnc1. The van der Waals surface area contributed by atoms with Crippen LogP contribution in [0.15, 0.2) is 61.3 Å². The zero-order valence-electron chi connectivity index (χ0n) is 16.2. The van der Waals surface area contributed by atoms with Crippen LogP contribution in [0, 0.1) is 5.92 Å². The highest BCUT2D eigenvalue weighted by atomic mass is 16.7. The number of carbonyl (C=O) groups is 1. The molecule has 4 heterocycles. The minimum Gasteiger partial charge on any atom is -0.273 e. The highest BCUT2D eigenvalue weighted by Crippen LogP contribution is 2.29. The zero-order valence-corrected chi connectivity index (χ0v) is 16.2. The standard InChI is InChI=1S/C22H20N6O2/c29-22(27-30-14-15-5-6-15)18-9-20(17-4-2-8-24-11-17)26-21-19(18)12-25-28(21)13-16-3-1-7-23-10-16/h1-4,7-12,15H,5-6,13-14H2,(H,27,29). The average Bonchev–Trinajstić information content (AvgIpc) is 3.53. The Morgan fingerprint density at radius 3 is 2.70 bits per heavy atom. The lowest BCUT2D eigenvalue weighted by molar-refractivity contribution is 0.0271. The number of aromatic nitrogens is 5. The topological polar surface area (TPSA) is 94.8 Å². The Bertz CT molecular complexity index is 1170. The summed E-state index contributed by atoms with van der Waals surface area (Å²) in [6, 6.07) is 9.36. The van der Waals surface area contributed by atoms with E-state index < -0.39 is 0 Å². The number of hydroxylamine groups is 1. The van der Waals surface area contributed by atoms with Gasteiger partial charge in [0.15, 0.2) is 5.65 Å². The van der Waals surface area contributed by atoms with E-state index in [1.165, 1.54) is 0 Å². The summed E-state index contributed by atoms with van der Waals surface area (Å²) in [6.07, 6.45) is 10.9. The van der Waals surface area contributed by atoms with Gasteiger partial charge in [0.2, 0.25) is 0 Å². The predicted molar refractivity (Wildman–Crippen MR) is 110 cm³/mol. The minimum absolute atomic E-state index is 0.311. The zero-order chi connectivity index (χ0) is 20.3. The van der Waals surface area contributed by atoms with Crippen LogP contribution in [0.4, 0.5) is 0 Å². The van der Waals surface area contributed by atoms with Gasteiger partial charge in [-0.05, 0) is 48.6 Å². The van der Waals surface area contributed by atoms with E-state index >= 15 is 0 Å². The van der Waals surface area contributed by atoms with E-state index in [1.54, 1.807) is 41.7 Å². The summed E-state index contributed by atoms with van der Waals surface area (Å²) in [6.45, 7) is 1.04. The van der Waals surface area contributed by atoms with Crippen molar-refractivity contribution in [3.8, 4) is 11.3 Å². The summed E-state index contributed by atoms with van der Waals surface area (Å²) in [5.74, 6) is 0.241. The molecule has 1 aliphatic rings. The van der Waals surface area contributed by atoms with Crippen molar-refractivity contribution in [1.29, 1.82) is 0 Å². The van der Waals surface area contributed by atoms with Crippen molar-refractivity contribution in [1.82, 2.24) is 30.2 Å². The maximum Gasteiger partial charge on any atom is 0.275 e. The molecule has 0 aliphatic heterocycles. The van der Waals surface area contributed by atoms with Gasteiger partial charge < -0.3 is 0 Å². The first-order valence-electron chi connectivity index (χ1n) is 9.86. The molecule has 0 saturated heterocycles. The van der Waals surface area contributed by atoms with Crippen LogP contribution in [-0.2, 0) is 11.4 Å². The first-order valence-corrected chi connectivity index (χ1v) is 9.86. The summed E-state index contributed by atoms with van der Waals surface area (Å²) in [5, 5.41) is 5.14. The number of rotatable bonds is 7. The third kappa shape index (κ3) is 3.90. The number of nitrogens with one attached hydrogen (secondary N) is 1. The Morgan fingerprint density at radius 2 is 1.97 bits per heavy atom. The van der Waals surface area contributed by atoms with Crippen molar-refractivity contribution in [2.45, 2.75) is 19.4 Å². The van der Waals surface area contributed by atoms with E-state index in [4.69, 9.17) is 9.82 Å². The molecule has 1 saturated carbocycles. The average molecular weight is 400 g/mol. The normalized spacial score (nSPS) is 13.5. The smallest absolute Gasteiger partial charge is 0.273 e. The Labute approximate surface area is 172 Å². The number of amides is 1. The molecule has 0 spiro atoms. The van der Waals surface area contributed by atoms with Crippen LogP contribution >= 0.6 is 0 Å². The fourth-order valence-electron chi connectivity index (χ4n) is 3.24. The second-order valence-corrected chi connectivity index (χ2v) is 7.38. The Morgan fingerprint density at radius 1 is 1.13 bits per heavy atom. The third-order valence-electron chi connectivity index (χ3n) is 5.05. The van der Waals surface area contributed by atoms with E-state index in [0.29, 0.717) is 41.4 Å². The van der Waals surface area contributed by atoms with Gasteiger partial charge in [-0.15, -0.1) is 0 Å². The fraction of sp³-hybridized carbons (Fsp3) is 0.227. The summed E-state index contributed by atoms with van der Waals surface area (Å²) in [4.78, 5) is 31.4. The van der Waals surface area contributed by atoms with E-state index in [9.17, 15) is 4.79 Å².